The lowest BCUT2D eigenvalue weighted by molar-refractivity contribution is 0.715. The van der Waals surface area contributed by atoms with Crippen molar-refractivity contribution in [3.63, 3.8) is 0 Å². The molecule has 1 heterocycles. The maximum absolute atomic E-state index is 4.59. The van der Waals surface area contributed by atoms with E-state index in [4.69, 9.17) is 0 Å². The fraction of sp³-hybridized carbons (Fsp3) is 0.529. The van der Waals surface area contributed by atoms with Crippen molar-refractivity contribution in [1.29, 1.82) is 0 Å². The number of hydrogen-bond acceptors (Lipinski definition) is 2. The number of guanidine groups is 1. The molecule has 0 atom stereocenters. The van der Waals surface area contributed by atoms with Crippen LogP contribution in [0.15, 0.2) is 29.3 Å². The number of para-hydroxylation sites is 2. The predicted octanol–water partition coefficient (Wildman–Crippen LogP) is 3.47. The van der Waals surface area contributed by atoms with E-state index in [9.17, 15) is 0 Å². The number of nitrogens with zero attached hydrogens (tertiary/aromatic N) is 2. The van der Waals surface area contributed by atoms with Crippen molar-refractivity contribution in [3.05, 3.63) is 30.1 Å². The monoisotopic (exact) mass is 429 g/mol. The number of H-pyrrole nitrogens is 1. The van der Waals surface area contributed by atoms with Gasteiger partial charge in [-0.25, -0.2) is 4.98 Å². The van der Waals surface area contributed by atoms with E-state index in [-0.39, 0.29) is 24.0 Å². The molecule has 2 aromatic rings. The second-order valence-electron chi connectivity index (χ2n) is 5.35. The third-order valence-corrected chi connectivity index (χ3v) is 3.47. The molecule has 0 aliphatic heterocycles. The molecule has 0 aliphatic rings. The molecule has 23 heavy (non-hydrogen) atoms. The van der Waals surface area contributed by atoms with Crippen molar-refractivity contribution < 1.29 is 0 Å². The first-order chi connectivity index (χ1) is 10.8. The maximum Gasteiger partial charge on any atom is 0.191 e. The number of aromatic amines is 1. The van der Waals surface area contributed by atoms with Crippen LogP contribution in [0.5, 0.6) is 0 Å². The summed E-state index contributed by atoms with van der Waals surface area (Å²) in [4.78, 5) is 12.5. The van der Waals surface area contributed by atoms with Crippen molar-refractivity contribution in [1.82, 2.24) is 20.6 Å². The normalized spacial score (nSPS) is 11.3. The third-order valence-electron chi connectivity index (χ3n) is 3.47. The smallest absolute Gasteiger partial charge is 0.191 e. The molecule has 0 amide bonds. The summed E-state index contributed by atoms with van der Waals surface area (Å²) < 4.78 is 0. The molecule has 5 nitrogen and oxygen atoms in total. The largest absolute Gasteiger partial charge is 0.357 e. The SMILES string of the molecule is CCCCCN=C(NCC)NCCc1nc2ccccc2[nH]1.I. The van der Waals surface area contributed by atoms with Crippen LogP contribution in [0.3, 0.4) is 0 Å². The zero-order chi connectivity index (χ0) is 15.6. The average molecular weight is 429 g/mol. The van der Waals surface area contributed by atoms with Gasteiger partial charge in [0.25, 0.3) is 0 Å². The molecule has 3 N–H and O–H groups in total. The molecule has 0 radical (unpaired) electrons. The summed E-state index contributed by atoms with van der Waals surface area (Å²) in [6, 6.07) is 8.12. The molecular formula is C17H28IN5. The maximum atomic E-state index is 4.59. The van der Waals surface area contributed by atoms with E-state index in [1.807, 2.05) is 18.2 Å². The van der Waals surface area contributed by atoms with Crippen LogP contribution in [0.4, 0.5) is 0 Å². The molecule has 0 aliphatic carbocycles. The van der Waals surface area contributed by atoms with Crippen molar-refractivity contribution in [2.75, 3.05) is 19.6 Å². The minimum absolute atomic E-state index is 0. The topological polar surface area (TPSA) is 65.1 Å². The van der Waals surface area contributed by atoms with E-state index >= 15 is 0 Å². The summed E-state index contributed by atoms with van der Waals surface area (Å²) in [5, 5.41) is 6.65. The van der Waals surface area contributed by atoms with Crippen LogP contribution in [0.1, 0.15) is 38.9 Å². The number of imidazole rings is 1. The van der Waals surface area contributed by atoms with Crippen LogP contribution >= 0.6 is 24.0 Å². The molecule has 0 saturated heterocycles. The molecule has 1 aromatic heterocycles. The fourth-order valence-corrected chi connectivity index (χ4v) is 2.32. The number of unbranched alkanes of at least 4 members (excludes halogenated alkanes) is 2. The summed E-state index contributed by atoms with van der Waals surface area (Å²) >= 11 is 0. The molecule has 0 unspecified atom stereocenters. The molecule has 128 valence electrons. The van der Waals surface area contributed by atoms with E-state index in [0.717, 1.165) is 55.3 Å². The van der Waals surface area contributed by atoms with Gasteiger partial charge in [0, 0.05) is 26.1 Å². The first kappa shape index (κ1) is 19.7. The van der Waals surface area contributed by atoms with Gasteiger partial charge in [0.15, 0.2) is 5.96 Å². The van der Waals surface area contributed by atoms with E-state index in [1.54, 1.807) is 0 Å². The quantitative estimate of drug-likeness (QED) is 0.261. The number of nitrogens with one attached hydrogen (secondary N) is 3. The molecule has 0 saturated carbocycles. The second kappa shape index (κ2) is 11.3. The Bertz CT molecular complexity index is 560. The van der Waals surface area contributed by atoms with Gasteiger partial charge in [0.1, 0.15) is 5.82 Å². The molecule has 1 aromatic carbocycles. The lowest BCUT2D eigenvalue weighted by Gasteiger charge is -2.10. The lowest BCUT2D eigenvalue weighted by atomic mass is 10.2. The average Bonchev–Trinajstić information content (AvgIpc) is 2.94. The van der Waals surface area contributed by atoms with E-state index in [0.29, 0.717) is 0 Å². The van der Waals surface area contributed by atoms with Gasteiger partial charge in [-0.2, -0.15) is 0 Å². The van der Waals surface area contributed by atoms with Gasteiger partial charge in [-0.15, -0.1) is 24.0 Å². The Morgan fingerprint density at radius 3 is 2.74 bits per heavy atom. The van der Waals surface area contributed by atoms with Gasteiger partial charge in [0.05, 0.1) is 11.0 Å². The summed E-state index contributed by atoms with van der Waals surface area (Å²) in [6.07, 6.45) is 4.47. The Morgan fingerprint density at radius 2 is 2.00 bits per heavy atom. The molecular weight excluding hydrogens is 401 g/mol. The van der Waals surface area contributed by atoms with Crippen molar-refractivity contribution in [2.24, 2.45) is 4.99 Å². The Morgan fingerprint density at radius 1 is 1.17 bits per heavy atom. The van der Waals surface area contributed by atoms with Gasteiger partial charge in [-0.05, 0) is 25.5 Å². The lowest BCUT2D eigenvalue weighted by Crippen LogP contribution is -2.38. The van der Waals surface area contributed by atoms with E-state index in [1.165, 1.54) is 12.8 Å². The van der Waals surface area contributed by atoms with Gasteiger partial charge < -0.3 is 15.6 Å². The Kier molecular flexibility index (Phi) is 9.66. The van der Waals surface area contributed by atoms with Crippen LogP contribution in [0.25, 0.3) is 11.0 Å². The Hall–Kier alpha value is -1.31. The number of benzene rings is 1. The predicted molar refractivity (Wildman–Crippen MR) is 109 cm³/mol. The fourth-order valence-electron chi connectivity index (χ4n) is 2.32. The van der Waals surface area contributed by atoms with Gasteiger partial charge in [0.2, 0.25) is 0 Å². The second-order valence-corrected chi connectivity index (χ2v) is 5.35. The number of aliphatic imine (C=N–C) groups is 1. The summed E-state index contributed by atoms with van der Waals surface area (Å²) in [7, 11) is 0. The zero-order valence-corrected chi connectivity index (χ0v) is 16.4. The molecule has 2 rings (SSSR count). The van der Waals surface area contributed by atoms with Gasteiger partial charge in [-0.3, -0.25) is 4.99 Å². The number of hydrogen-bond donors (Lipinski definition) is 3. The molecule has 6 heteroatoms. The first-order valence-corrected chi connectivity index (χ1v) is 8.29. The van der Waals surface area contributed by atoms with Crippen LogP contribution in [0, 0.1) is 0 Å². The highest BCUT2D eigenvalue weighted by molar-refractivity contribution is 14.0. The van der Waals surface area contributed by atoms with Gasteiger partial charge >= 0.3 is 0 Å². The molecule has 0 fully saturated rings. The summed E-state index contributed by atoms with van der Waals surface area (Å²) in [5.41, 5.74) is 2.12. The van der Waals surface area contributed by atoms with Crippen molar-refractivity contribution in [2.45, 2.75) is 39.5 Å². The van der Waals surface area contributed by atoms with E-state index in [2.05, 4.69) is 45.5 Å². The number of fused-ring (bicyclic) bond motifs is 1. The summed E-state index contributed by atoms with van der Waals surface area (Å²) in [5.74, 6) is 1.91. The number of rotatable bonds is 8. The highest BCUT2D eigenvalue weighted by atomic mass is 127. The number of aromatic nitrogens is 2. The highest BCUT2D eigenvalue weighted by Crippen LogP contribution is 2.10. The molecule has 0 bridgehead atoms. The minimum atomic E-state index is 0. The van der Waals surface area contributed by atoms with Gasteiger partial charge in [-0.1, -0.05) is 31.9 Å². The Balaban J connectivity index is 0.00000264. The Labute approximate surface area is 155 Å². The van der Waals surface area contributed by atoms with Crippen molar-refractivity contribution in [3.8, 4) is 0 Å². The first-order valence-electron chi connectivity index (χ1n) is 8.29. The van der Waals surface area contributed by atoms with Crippen LogP contribution in [0.2, 0.25) is 0 Å². The van der Waals surface area contributed by atoms with Crippen molar-refractivity contribution >= 4 is 41.0 Å². The molecule has 0 spiro atoms. The van der Waals surface area contributed by atoms with E-state index < -0.39 is 0 Å². The zero-order valence-electron chi connectivity index (χ0n) is 14.1. The van der Waals surface area contributed by atoms with Crippen LogP contribution < -0.4 is 10.6 Å². The third kappa shape index (κ3) is 6.76. The van der Waals surface area contributed by atoms with Crippen LogP contribution in [-0.4, -0.2) is 35.6 Å². The highest BCUT2D eigenvalue weighted by Gasteiger charge is 2.02. The standard InChI is InChI=1S/C17H27N5.HI/c1-3-5-8-12-19-17(18-4-2)20-13-11-16-21-14-9-6-7-10-15(14)22-16;/h6-7,9-10H,3-5,8,11-13H2,1-2H3,(H,21,22)(H2,18,19,20);1H. The summed E-state index contributed by atoms with van der Waals surface area (Å²) in [6.45, 7) is 6.88. The minimum Gasteiger partial charge on any atom is -0.357 e. The van der Waals surface area contributed by atoms with Crippen LogP contribution in [-0.2, 0) is 6.42 Å². The number of halogens is 1.